The normalized spacial score (nSPS) is 10.3. The first-order valence-corrected chi connectivity index (χ1v) is 10.4. The van der Waals surface area contributed by atoms with Crippen molar-refractivity contribution in [2.24, 2.45) is 5.92 Å². The van der Waals surface area contributed by atoms with Gasteiger partial charge < -0.3 is 4.74 Å². The molecule has 0 aromatic heterocycles. The van der Waals surface area contributed by atoms with Gasteiger partial charge >= 0.3 is 0 Å². The summed E-state index contributed by atoms with van der Waals surface area (Å²) >= 11 is 11.8. The number of rotatable bonds is 5. The van der Waals surface area contributed by atoms with E-state index in [1.165, 1.54) is 0 Å². The van der Waals surface area contributed by atoms with Gasteiger partial charge in [0, 0.05) is 10.0 Å². The van der Waals surface area contributed by atoms with Crippen LogP contribution in [0.2, 0.25) is 0 Å². The Hall–Kier alpha value is -1.97. The van der Waals surface area contributed by atoms with Gasteiger partial charge in [-0.1, -0.05) is 26.0 Å². The van der Waals surface area contributed by atoms with Gasteiger partial charge in [0.05, 0.1) is 16.6 Å². The molecular formula is C19H19Br2N3O3S. The number of hydrazine groups is 1. The van der Waals surface area contributed by atoms with E-state index >= 15 is 0 Å². The third-order valence-corrected chi connectivity index (χ3v) is 4.92. The van der Waals surface area contributed by atoms with E-state index < -0.39 is 11.8 Å². The molecule has 2 aromatic carbocycles. The molecule has 0 aliphatic carbocycles. The Morgan fingerprint density at radius 3 is 2.39 bits per heavy atom. The summed E-state index contributed by atoms with van der Waals surface area (Å²) in [5, 5.41) is 2.48. The summed E-state index contributed by atoms with van der Waals surface area (Å²) in [5.41, 5.74) is 5.78. The Labute approximate surface area is 185 Å². The Morgan fingerprint density at radius 1 is 1.04 bits per heavy atom. The minimum Gasteiger partial charge on any atom is -0.492 e. The van der Waals surface area contributed by atoms with Gasteiger partial charge in [-0.3, -0.25) is 25.8 Å². The maximum absolute atomic E-state index is 12.3. The molecule has 0 saturated heterocycles. The number of amides is 2. The molecule has 0 aliphatic rings. The Kier molecular flexibility index (Phi) is 8.40. The molecule has 2 rings (SSSR count). The predicted octanol–water partition coefficient (Wildman–Crippen LogP) is 4.20. The lowest BCUT2D eigenvalue weighted by molar-refractivity contribution is 0.0934. The summed E-state index contributed by atoms with van der Waals surface area (Å²) in [6, 6.07) is 11.9. The van der Waals surface area contributed by atoms with E-state index in [1.54, 1.807) is 42.5 Å². The van der Waals surface area contributed by atoms with Gasteiger partial charge in [-0.05, 0) is 80.3 Å². The average molecular weight is 529 g/mol. The highest BCUT2D eigenvalue weighted by Gasteiger charge is 2.13. The fraction of sp³-hybridized carbons (Fsp3) is 0.211. The summed E-state index contributed by atoms with van der Waals surface area (Å²) in [4.78, 5) is 24.5. The molecule has 0 fully saturated rings. The average Bonchev–Trinajstić information content (AvgIpc) is 2.65. The number of benzene rings is 2. The van der Waals surface area contributed by atoms with Crippen molar-refractivity contribution in [1.29, 1.82) is 0 Å². The number of ether oxygens (including phenoxy) is 1. The van der Waals surface area contributed by atoms with Gasteiger partial charge in [0.15, 0.2) is 5.11 Å². The minimum absolute atomic E-state index is 0.0262. The first kappa shape index (κ1) is 22.3. The second kappa shape index (κ2) is 10.5. The van der Waals surface area contributed by atoms with Crippen LogP contribution in [0.4, 0.5) is 0 Å². The minimum atomic E-state index is -0.413. The summed E-state index contributed by atoms with van der Waals surface area (Å²) in [7, 11) is 0. The Bertz CT molecular complexity index is 890. The van der Waals surface area contributed by atoms with Crippen LogP contribution < -0.4 is 20.9 Å². The number of carbonyl (C=O) groups excluding carboxylic acids is 2. The monoisotopic (exact) mass is 527 g/mol. The zero-order valence-electron chi connectivity index (χ0n) is 15.2. The van der Waals surface area contributed by atoms with E-state index in [-0.39, 0.29) is 5.11 Å². The van der Waals surface area contributed by atoms with Gasteiger partial charge in [-0.25, -0.2) is 0 Å². The van der Waals surface area contributed by atoms with Crippen molar-refractivity contribution in [2.75, 3.05) is 6.61 Å². The Balaban J connectivity index is 1.90. The number of nitrogens with one attached hydrogen (secondary N) is 3. The number of halogens is 2. The number of hydrogen-bond donors (Lipinski definition) is 3. The van der Waals surface area contributed by atoms with Gasteiger partial charge in [0.25, 0.3) is 11.8 Å². The van der Waals surface area contributed by atoms with Crippen molar-refractivity contribution in [1.82, 2.24) is 16.2 Å². The molecule has 0 aliphatic heterocycles. The number of hydrogen-bond acceptors (Lipinski definition) is 4. The molecule has 3 N–H and O–H groups in total. The van der Waals surface area contributed by atoms with Crippen molar-refractivity contribution in [3.63, 3.8) is 0 Å². The van der Waals surface area contributed by atoms with Crippen LogP contribution in [0, 0.1) is 5.92 Å². The molecule has 0 radical (unpaired) electrons. The molecule has 0 unspecified atom stereocenters. The van der Waals surface area contributed by atoms with Crippen LogP contribution in [0.1, 0.15) is 34.6 Å². The molecule has 0 spiro atoms. The van der Waals surface area contributed by atoms with Gasteiger partial charge in [0.1, 0.15) is 5.75 Å². The second-order valence-corrected chi connectivity index (χ2v) is 8.31. The first-order chi connectivity index (χ1) is 13.3. The molecule has 2 amide bonds. The number of carbonyl (C=O) groups is 2. The predicted molar refractivity (Wildman–Crippen MR) is 119 cm³/mol. The summed E-state index contributed by atoms with van der Waals surface area (Å²) in [6.07, 6.45) is 0. The van der Waals surface area contributed by atoms with Crippen LogP contribution in [0.15, 0.2) is 51.4 Å². The molecule has 0 heterocycles. The van der Waals surface area contributed by atoms with Gasteiger partial charge in [0.2, 0.25) is 0 Å². The molecule has 148 valence electrons. The lowest BCUT2D eigenvalue weighted by Gasteiger charge is -2.13. The SMILES string of the molecule is CC(C)COc1ccc(C(=O)NC(=S)NNC(=O)c2ccccc2Br)cc1Br. The molecule has 0 atom stereocenters. The molecule has 28 heavy (non-hydrogen) atoms. The first-order valence-electron chi connectivity index (χ1n) is 8.36. The molecule has 0 saturated carbocycles. The molecular weight excluding hydrogens is 510 g/mol. The maximum atomic E-state index is 12.3. The maximum Gasteiger partial charge on any atom is 0.270 e. The molecule has 6 nitrogen and oxygen atoms in total. The van der Waals surface area contributed by atoms with Crippen molar-refractivity contribution in [3.8, 4) is 5.75 Å². The quantitative estimate of drug-likeness (QED) is 0.400. The zero-order valence-corrected chi connectivity index (χ0v) is 19.2. The van der Waals surface area contributed by atoms with Crippen molar-refractivity contribution in [2.45, 2.75) is 13.8 Å². The van der Waals surface area contributed by atoms with Gasteiger partial charge in [-0.15, -0.1) is 0 Å². The lowest BCUT2D eigenvalue weighted by atomic mass is 10.2. The molecule has 9 heteroatoms. The van der Waals surface area contributed by atoms with Crippen LogP contribution in [0.3, 0.4) is 0 Å². The molecule has 0 bridgehead atoms. The van der Waals surface area contributed by atoms with Crippen LogP contribution in [0.5, 0.6) is 5.75 Å². The Morgan fingerprint density at radius 2 is 1.75 bits per heavy atom. The summed E-state index contributed by atoms with van der Waals surface area (Å²) in [5.74, 6) is 0.249. The smallest absolute Gasteiger partial charge is 0.270 e. The van der Waals surface area contributed by atoms with Crippen LogP contribution in [-0.4, -0.2) is 23.5 Å². The van der Waals surface area contributed by atoms with E-state index in [4.69, 9.17) is 17.0 Å². The zero-order chi connectivity index (χ0) is 20.7. The second-order valence-electron chi connectivity index (χ2n) is 6.19. The third kappa shape index (κ3) is 6.57. The lowest BCUT2D eigenvalue weighted by Crippen LogP contribution is -2.48. The summed E-state index contributed by atoms with van der Waals surface area (Å²) in [6.45, 7) is 4.69. The highest BCUT2D eigenvalue weighted by atomic mass is 79.9. The van der Waals surface area contributed by atoms with Crippen molar-refractivity contribution < 1.29 is 14.3 Å². The van der Waals surface area contributed by atoms with E-state index in [0.29, 0.717) is 38.3 Å². The fourth-order valence-corrected chi connectivity index (χ4v) is 3.15. The van der Waals surface area contributed by atoms with Crippen molar-refractivity contribution in [3.05, 3.63) is 62.5 Å². The van der Waals surface area contributed by atoms with Crippen LogP contribution in [0.25, 0.3) is 0 Å². The van der Waals surface area contributed by atoms with Crippen LogP contribution >= 0.6 is 44.1 Å². The molecule has 2 aromatic rings. The topological polar surface area (TPSA) is 79.5 Å². The number of thiocarbonyl (C=S) groups is 1. The fourth-order valence-electron chi connectivity index (χ4n) is 2.05. The third-order valence-electron chi connectivity index (χ3n) is 3.40. The van der Waals surface area contributed by atoms with E-state index in [0.717, 1.165) is 0 Å². The largest absolute Gasteiger partial charge is 0.492 e. The standard InChI is InChI=1S/C19H19Br2N3O3S/c1-11(2)10-27-16-8-7-12(9-15(16)21)17(25)22-19(28)24-23-18(26)13-5-3-4-6-14(13)20/h3-9,11H,10H2,1-2H3,(H,23,26)(H2,22,24,25,28). The van der Waals surface area contributed by atoms with E-state index in [9.17, 15) is 9.59 Å². The van der Waals surface area contributed by atoms with E-state index in [2.05, 4.69) is 61.9 Å². The van der Waals surface area contributed by atoms with E-state index in [1.807, 2.05) is 0 Å². The highest BCUT2D eigenvalue weighted by Crippen LogP contribution is 2.26. The highest BCUT2D eigenvalue weighted by molar-refractivity contribution is 9.10. The van der Waals surface area contributed by atoms with Crippen LogP contribution in [-0.2, 0) is 0 Å². The van der Waals surface area contributed by atoms with Crippen molar-refractivity contribution >= 4 is 61.0 Å². The summed E-state index contributed by atoms with van der Waals surface area (Å²) < 4.78 is 6.98. The van der Waals surface area contributed by atoms with Gasteiger partial charge in [-0.2, -0.15) is 0 Å².